The van der Waals surface area contributed by atoms with Gasteiger partial charge in [0.15, 0.2) is 0 Å². The van der Waals surface area contributed by atoms with Gasteiger partial charge < -0.3 is 9.72 Å². The molecule has 1 fully saturated rings. The summed E-state index contributed by atoms with van der Waals surface area (Å²) < 4.78 is 19.4. The lowest BCUT2D eigenvalue weighted by molar-refractivity contribution is -0.0380. The third-order valence-corrected chi connectivity index (χ3v) is 3.55. The monoisotopic (exact) mass is 304 g/mol. The van der Waals surface area contributed by atoms with Gasteiger partial charge in [0.05, 0.1) is 12.3 Å². The molecule has 3 heterocycles. The van der Waals surface area contributed by atoms with Crippen LogP contribution < -0.4 is 5.56 Å². The molecule has 22 heavy (non-hydrogen) atoms. The molecule has 1 atom stereocenters. The number of ether oxygens (including phenoxy) is 1. The number of halogens is 1. The minimum Gasteiger partial charge on any atom is -0.368 e. The fraction of sp³-hybridized carbons (Fsp3) is 0.400. The molecule has 1 aliphatic rings. The highest BCUT2D eigenvalue weighted by Crippen LogP contribution is 2.20. The number of hydrogen-bond acceptors (Lipinski definition) is 5. The average Bonchev–Trinajstić information content (AvgIpc) is 2.49. The van der Waals surface area contributed by atoms with Crippen molar-refractivity contribution >= 4 is 0 Å². The molecule has 0 aliphatic carbocycles. The van der Waals surface area contributed by atoms with E-state index in [0.29, 0.717) is 43.5 Å². The summed E-state index contributed by atoms with van der Waals surface area (Å²) in [7, 11) is 0. The molecule has 2 aromatic heterocycles. The Bertz CT molecular complexity index is 719. The molecule has 0 amide bonds. The molecule has 0 radical (unpaired) electrons. The van der Waals surface area contributed by atoms with E-state index < -0.39 is 0 Å². The van der Waals surface area contributed by atoms with Crippen LogP contribution in [0.5, 0.6) is 0 Å². The lowest BCUT2D eigenvalue weighted by Gasteiger charge is -2.32. The fourth-order valence-corrected chi connectivity index (χ4v) is 2.51. The Morgan fingerprint density at radius 3 is 3.18 bits per heavy atom. The van der Waals surface area contributed by atoms with E-state index in [1.165, 1.54) is 12.1 Å². The van der Waals surface area contributed by atoms with Crippen LogP contribution in [0.25, 0.3) is 0 Å². The molecule has 0 unspecified atom stereocenters. The Morgan fingerprint density at radius 1 is 1.55 bits per heavy atom. The van der Waals surface area contributed by atoms with E-state index in [1.54, 1.807) is 19.2 Å². The minimum absolute atomic E-state index is 0.195. The quantitative estimate of drug-likeness (QED) is 0.922. The molecule has 1 saturated heterocycles. The Hall–Kier alpha value is -2.12. The Labute approximate surface area is 127 Å². The molecule has 116 valence electrons. The van der Waals surface area contributed by atoms with Gasteiger partial charge in [-0.15, -0.1) is 0 Å². The summed E-state index contributed by atoms with van der Waals surface area (Å²) in [5, 5.41) is 0. The standard InChI is InChI=1S/C15H17FN4O2/c1-10-7-14(21)19-15(18-10)13-9-20(5-6-22-13)8-12-11(16)3-2-4-17-12/h2-4,7,13H,5-6,8-9H2,1H3,(H,18,19,21)/t13-/m1/s1. The first kappa shape index (κ1) is 14.8. The van der Waals surface area contributed by atoms with Crippen LogP contribution >= 0.6 is 0 Å². The number of rotatable bonds is 3. The topological polar surface area (TPSA) is 71.1 Å². The highest BCUT2D eigenvalue weighted by atomic mass is 19.1. The van der Waals surface area contributed by atoms with Gasteiger partial charge in [0.2, 0.25) is 0 Å². The van der Waals surface area contributed by atoms with Crippen molar-refractivity contribution in [2.24, 2.45) is 0 Å². The fourth-order valence-electron chi connectivity index (χ4n) is 2.51. The number of hydrogen-bond donors (Lipinski definition) is 1. The van der Waals surface area contributed by atoms with Crippen molar-refractivity contribution in [1.29, 1.82) is 0 Å². The predicted octanol–water partition coefficient (Wildman–Crippen LogP) is 1.19. The second kappa shape index (κ2) is 6.33. The maximum Gasteiger partial charge on any atom is 0.251 e. The summed E-state index contributed by atoms with van der Waals surface area (Å²) >= 11 is 0. The summed E-state index contributed by atoms with van der Waals surface area (Å²) in [5.41, 5.74) is 0.864. The molecule has 2 aromatic rings. The highest BCUT2D eigenvalue weighted by Gasteiger charge is 2.25. The van der Waals surface area contributed by atoms with Gasteiger partial charge in [0.25, 0.3) is 5.56 Å². The van der Waals surface area contributed by atoms with E-state index in [2.05, 4.69) is 15.0 Å². The van der Waals surface area contributed by atoms with Crippen molar-refractivity contribution in [3.8, 4) is 0 Å². The number of aryl methyl sites for hydroxylation is 1. The lowest BCUT2D eigenvalue weighted by atomic mass is 10.2. The SMILES string of the molecule is Cc1cc(=O)[nH]c([C@H]2CN(Cc3ncccc3F)CCO2)n1. The second-order valence-electron chi connectivity index (χ2n) is 5.30. The minimum atomic E-state index is -0.326. The number of pyridine rings is 1. The number of nitrogens with one attached hydrogen (secondary N) is 1. The van der Waals surface area contributed by atoms with Gasteiger partial charge in [0.1, 0.15) is 17.7 Å². The zero-order chi connectivity index (χ0) is 15.5. The molecule has 1 N–H and O–H groups in total. The van der Waals surface area contributed by atoms with Gasteiger partial charge in [-0.1, -0.05) is 0 Å². The van der Waals surface area contributed by atoms with Crippen molar-refractivity contribution < 1.29 is 9.13 Å². The second-order valence-corrected chi connectivity index (χ2v) is 5.30. The maximum atomic E-state index is 13.7. The first-order valence-corrected chi connectivity index (χ1v) is 7.13. The molecule has 0 bridgehead atoms. The number of H-pyrrole nitrogens is 1. The summed E-state index contributed by atoms with van der Waals surface area (Å²) in [6, 6.07) is 4.41. The van der Waals surface area contributed by atoms with E-state index in [1.807, 2.05) is 4.90 Å². The van der Waals surface area contributed by atoms with Gasteiger partial charge in [0, 0.05) is 37.6 Å². The number of aromatic nitrogens is 3. The van der Waals surface area contributed by atoms with Gasteiger partial charge >= 0.3 is 0 Å². The van der Waals surface area contributed by atoms with Gasteiger partial charge in [-0.3, -0.25) is 14.7 Å². The summed E-state index contributed by atoms with van der Waals surface area (Å²) in [4.78, 5) is 24.7. The van der Waals surface area contributed by atoms with Crippen LogP contribution in [0.15, 0.2) is 29.2 Å². The van der Waals surface area contributed by atoms with Crippen LogP contribution in [-0.4, -0.2) is 39.5 Å². The maximum absolute atomic E-state index is 13.7. The number of aromatic amines is 1. The van der Waals surface area contributed by atoms with Crippen molar-refractivity contribution in [1.82, 2.24) is 19.9 Å². The van der Waals surface area contributed by atoms with E-state index in [4.69, 9.17) is 4.74 Å². The van der Waals surface area contributed by atoms with Gasteiger partial charge in [-0.2, -0.15) is 0 Å². The third-order valence-electron chi connectivity index (χ3n) is 3.55. The van der Waals surface area contributed by atoms with Crippen LogP contribution in [0.1, 0.15) is 23.3 Å². The molecule has 0 saturated carbocycles. The zero-order valence-corrected chi connectivity index (χ0v) is 12.3. The predicted molar refractivity (Wildman–Crippen MR) is 77.8 cm³/mol. The number of morpholine rings is 1. The highest BCUT2D eigenvalue weighted by molar-refractivity contribution is 5.08. The average molecular weight is 304 g/mol. The van der Waals surface area contributed by atoms with Crippen LogP contribution in [0.4, 0.5) is 4.39 Å². The molecule has 6 nitrogen and oxygen atoms in total. The van der Waals surface area contributed by atoms with Crippen molar-refractivity contribution in [2.45, 2.75) is 19.6 Å². The van der Waals surface area contributed by atoms with Crippen molar-refractivity contribution in [3.63, 3.8) is 0 Å². The molecular formula is C15H17FN4O2. The largest absolute Gasteiger partial charge is 0.368 e. The molecule has 0 spiro atoms. The van der Waals surface area contributed by atoms with Crippen LogP contribution in [-0.2, 0) is 11.3 Å². The van der Waals surface area contributed by atoms with Gasteiger partial charge in [-0.05, 0) is 19.1 Å². The van der Waals surface area contributed by atoms with E-state index >= 15 is 0 Å². The molecular weight excluding hydrogens is 287 g/mol. The summed E-state index contributed by atoms with van der Waals surface area (Å²) in [5.74, 6) is 0.198. The molecule has 1 aliphatic heterocycles. The van der Waals surface area contributed by atoms with Crippen molar-refractivity contribution in [3.05, 3.63) is 57.8 Å². The van der Waals surface area contributed by atoms with Crippen LogP contribution in [0.3, 0.4) is 0 Å². The zero-order valence-electron chi connectivity index (χ0n) is 12.3. The summed E-state index contributed by atoms with van der Waals surface area (Å²) in [6.45, 7) is 3.88. The summed E-state index contributed by atoms with van der Waals surface area (Å²) in [6.07, 6.45) is 1.25. The van der Waals surface area contributed by atoms with Crippen LogP contribution in [0, 0.1) is 12.7 Å². The third kappa shape index (κ3) is 3.37. The molecule has 0 aromatic carbocycles. The van der Waals surface area contributed by atoms with E-state index in [-0.39, 0.29) is 17.5 Å². The van der Waals surface area contributed by atoms with E-state index in [9.17, 15) is 9.18 Å². The molecule has 3 rings (SSSR count). The first-order chi connectivity index (χ1) is 10.6. The first-order valence-electron chi connectivity index (χ1n) is 7.13. The molecule has 7 heteroatoms. The van der Waals surface area contributed by atoms with Crippen molar-refractivity contribution in [2.75, 3.05) is 19.7 Å². The van der Waals surface area contributed by atoms with Gasteiger partial charge in [-0.25, -0.2) is 9.37 Å². The lowest BCUT2D eigenvalue weighted by Crippen LogP contribution is -2.39. The Morgan fingerprint density at radius 2 is 2.41 bits per heavy atom. The Balaban J connectivity index is 1.74. The van der Waals surface area contributed by atoms with Crippen LogP contribution in [0.2, 0.25) is 0 Å². The Kier molecular flexibility index (Phi) is 4.26. The smallest absolute Gasteiger partial charge is 0.251 e. The number of nitrogens with zero attached hydrogens (tertiary/aromatic N) is 3. The van der Waals surface area contributed by atoms with E-state index in [0.717, 1.165) is 0 Å². The normalized spacial score (nSPS) is 19.3.